The Labute approximate surface area is 155 Å². The molecule has 1 aromatic carbocycles. The molecule has 142 valence electrons. The molecule has 0 spiro atoms. The zero-order valence-electron chi connectivity index (χ0n) is 14.4. The van der Waals surface area contributed by atoms with E-state index in [-0.39, 0.29) is 18.4 Å². The van der Waals surface area contributed by atoms with Crippen molar-refractivity contribution in [2.45, 2.75) is 38.6 Å². The van der Waals surface area contributed by atoms with Crippen LogP contribution in [0.25, 0.3) is 0 Å². The molecule has 4 N–H and O–H groups in total. The summed E-state index contributed by atoms with van der Waals surface area (Å²) < 4.78 is 32.0. The molecule has 0 saturated heterocycles. The second kappa shape index (κ2) is 9.26. The number of rotatable bonds is 6. The van der Waals surface area contributed by atoms with Gasteiger partial charge in [-0.1, -0.05) is 6.92 Å². The Bertz CT molecular complexity index is 689. The van der Waals surface area contributed by atoms with E-state index in [0.29, 0.717) is 23.0 Å². The zero-order chi connectivity index (χ0) is 17.7. The lowest BCUT2D eigenvalue weighted by molar-refractivity contribution is -0.113. The molecule has 1 aromatic rings. The van der Waals surface area contributed by atoms with E-state index >= 15 is 0 Å². The van der Waals surface area contributed by atoms with Gasteiger partial charge in [0, 0.05) is 12.1 Å². The lowest BCUT2D eigenvalue weighted by Crippen LogP contribution is -2.41. The maximum absolute atomic E-state index is 12.2. The standard InChI is InChI=1S/C16H25N3O4S.ClH/c1-11-3-5-12(6-4-11)19-24(21,22)10-16(20)18-15-9-13(23-2)7-8-14(15)17;/h7-9,11-12,19H,3-6,10,17H2,1-2H3,(H,18,20);1H. The Kier molecular flexibility index (Phi) is 7.98. The topological polar surface area (TPSA) is 111 Å². The number of nitrogens with two attached hydrogens (primary N) is 1. The van der Waals surface area contributed by atoms with E-state index in [9.17, 15) is 13.2 Å². The molecule has 0 aliphatic heterocycles. The van der Waals surface area contributed by atoms with Crippen LogP contribution < -0.4 is 20.5 Å². The minimum Gasteiger partial charge on any atom is -0.497 e. The highest BCUT2D eigenvalue weighted by Crippen LogP contribution is 2.25. The zero-order valence-corrected chi connectivity index (χ0v) is 16.1. The van der Waals surface area contributed by atoms with Gasteiger partial charge in [0.2, 0.25) is 15.9 Å². The maximum atomic E-state index is 12.2. The normalized spacial score (nSPS) is 20.4. The summed E-state index contributed by atoms with van der Waals surface area (Å²) in [6.07, 6.45) is 3.62. The van der Waals surface area contributed by atoms with Gasteiger partial charge in [-0.2, -0.15) is 0 Å². The highest BCUT2D eigenvalue weighted by Gasteiger charge is 2.25. The molecule has 0 radical (unpaired) electrons. The van der Waals surface area contributed by atoms with Gasteiger partial charge in [0.05, 0.1) is 18.5 Å². The first-order chi connectivity index (χ1) is 11.3. The monoisotopic (exact) mass is 391 g/mol. The van der Waals surface area contributed by atoms with Crippen molar-refractivity contribution in [2.75, 3.05) is 23.9 Å². The van der Waals surface area contributed by atoms with Gasteiger partial charge in [-0.3, -0.25) is 4.79 Å². The second-order valence-corrected chi connectivity index (χ2v) is 8.09. The highest BCUT2D eigenvalue weighted by molar-refractivity contribution is 7.90. The Morgan fingerprint density at radius 3 is 2.52 bits per heavy atom. The number of halogens is 1. The minimum absolute atomic E-state index is 0. The van der Waals surface area contributed by atoms with Crippen molar-refractivity contribution >= 4 is 39.7 Å². The molecular weight excluding hydrogens is 366 g/mol. The highest BCUT2D eigenvalue weighted by atomic mass is 35.5. The van der Waals surface area contributed by atoms with Crippen molar-refractivity contribution in [3.63, 3.8) is 0 Å². The van der Waals surface area contributed by atoms with Gasteiger partial charge in [0.1, 0.15) is 11.5 Å². The van der Waals surface area contributed by atoms with Gasteiger partial charge in [-0.05, 0) is 43.7 Å². The Balaban J connectivity index is 0.00000312. The van der Waals surface area contributed by atoms with Crippen LogP contribution in [0.2, 0.25) is 0 Å². The van der Waals surface area contributed by atoms with E-state index in [0.717, 1.165) is 25.7 Å². The molecule has 0 heterocycles. The van der Waals surface area contributed by atoms with E-state index in [1.54, 1.807) is 18.2 Å². The van der Waals surface area contributed by atoms with E-state index in [4.69, 9.17) is 10.5 Å². The molecule has 1 saturated carbocycles. The summed E-state index contributed by atoms with van der Waals surface area (Å²) in [4.78, 5) is 12.0. The largest absolute Gasteiger partial charge is 0.497 e. The molecule has 1 aliphatic carbocycles. The third kappa shape index (κ3) is 6.72. The second-order valence-electron chi connectivity index (χ2n) is 6.34. The summed E-state index contributed by atoms with van der Waals surface area (Å²) in [5, 5.41) is 2.52. The number of benzene rings is 1. The Hall–Kier alpha value is -1.51. The van der Waals surface area contributed by atoms with Gasteiger partial charge in [-0.25, -0.2) is 13.1 Å². The average Bonchev–Trinajstić information content (AvgIpc) is 2.51. The van der Waals surface area contributed by atoms with Gasteiger partial charge in [-0.15, -0.1) is 12.4 Å². The number of carbonyl (C=O) groups is 1. The molecule has 25 heavy (non-hydrogen) atoms. The fourth-order valence-electron chi connectivity index (χ4n) is 2.80. The summed E-state index contributed by atoms with van der Waals surface area (Å²) in [5.41, 5.74) is 6.46. The molecule has 0 bridgehead atoms. The van der Waals surface area contributed by atoms with Crippen LogP contribution in [0.4, 0.5) is 11.4 Å². The predicted octanol–water partition coefficient (Wildman–Crippen LogP) is 2.14. The Morgan fingerprint density at radius 1 is 1.28 bits per heavy atom. The quantitative estimate of drug-likeness (QED) is 0.643. The average molecular weight is 392 g/mol. The molecule has 0 atom stereocenters. The van der Waals surface area contributed by atoms with Crippen LogP contribution in [0.1, 0.15) is 32.6 Å². The molecule has 7 nitrogen and oxygen atoms in total. The number of amides is 1. The van der Waals surface area contributed by atoms with Crippen molar-refractivity contribution in [3.8, 4) is 5.75 Å². The summed E-state index contributed by atoms with van der Waals surface area (Å²) >= 11 is 0. The molecule has 9 heteroatoms. The van der Waals surface area contributed by atoms with E-state index in [2.05, 4.69) is 17.0 Å². The van der Waals surface area contributed by atoms with Crippen LogP contribution in [0, 0.1) is 5.92 Å². The number of nitrogen functional groups attached to an aromatic ring is 1. The van der Waals surface area contributed by atoms with Crippen molar-refractivity contribution < 1.29 is 17.9 Å². The van der Waals surface area contributed by atoms with Crippen LogP contribution in [0.3, 0.4) is 0 Å². The number of hydrogen-bond donors (Lipinski definition) is 3. The summed E-state index contributed by atoms with van der Waals surface area (Å²) in [5.74, 6) is -0.107. The van der Waals surface area contributed by atoms with Crippen LogP contribution in [0.15, 0.2) is 18.2 Å². The van der Waals surface area contributed by atoms with E-state index in [1.807, 2.05) is 0 Å². The first kappa shape index (κ1) is 21.5. The van der Waals surface area contributed by atoms with Crippen LogP contribution in [-0.4, -0.2) is 33.2 Å². The first-order valence-corrected chi connectivity index (χ1v) is 9.67. The summed E-state index contributed by atoms with van der Waals surface area (Å²) in [6.45, 7) is 2.16. The fraction of sp³-hybridized carbons (Fsp3) is 0.562. The van der Waals surface area contributed by atoms with Crippen molar-refractivity contribution in [1.29, 1.82) is 0 Å². The van der Waals surface area contributed by atoms with Crippen LogP contribution >= 0.6 is 12.4 Å². The van der Waals surface area contributed by atoms with E-state index < -0.39 is 21.7 Å². The molecule has 1 aliphatic rings. The summed E-state index contributed by atoms with van der Waals surface area (Å²) in [6, 6.07) is 4.72. The number of anilines is 2. The Morgan fingerprint density at radius 2 is 1.92 bits per heavy atom. The van der Waals surface area contributed by atoms with Crippen molar-refractivity contribution in [1.82, 2.24) is 4.72 Å². The van der Waals surface area contributed by atoms with Gasteiger partial charge < -0.3 is 15.8 Å². The number of sulfonamides is 1. The van der Waals surface area contributed by atoms with Crippen molar-refractivity contribution in [2.24, 2.45) is 5.92 Å². The molecular formula is C16H26ClN3O4S. The summed E-state index contributed by atoms with van der Waals surface area (Å²) in [7, 11) is -2.18. The third-order valence-electron chi connectivity index (χ3n) is 4.22. The predicted molar refractivity (Wildman–Crippen MR) is 102 cm³/mol. The van der Waals surface area contributed by atoms with E-state index in [1.165, 1.54) is 7.11 Å². The first-order valence-electron chi connectivity index (χ1n) is 8.02. The number of methoxy groups -OCH3 is 1. The molecule has 0 aromatic heterocycles. The lowest BCUT2D eigenvalue weighted by Gasteiger charge is -2.26. The van der Waals surface area contributed by atoms with Gasteiger partial charge in [0.25, 0.3) is 0 Å². The molecule has 1 fully saturated rings. The van der Waals surface area contributed by atoms with Crippen LogP contribution in [-0.2, 0) is 14.8 Å². The number of nitrogens with one attached hydrogen (secondary N) is 2. The third-order valence-corrected chi connectivity index (χ3v) is 5.55. The smallest absolute Gasteiger partial charge is 0.241 e. The molecule has 2 rings (SSSR count). The van der Waals surface area contributed by atoms with Gasteiger partial charge in [0.15, 0.2) is 0 Å². The molecule has 0 unspecified atom stereocenters. The number of hydrogen-bond acceptors (Lipinski definition) is 5. The fourth-order valence-corrected chi connectivity index (χ4v) is 4.05. The lowest BCUT2D eigenvalue weighted by atomic mass is 9.88. The molecule has 1 amide bonds. The van der Waals surface area contributed by atoms with Gasteiger partial charge >= 0.3 is 0 Å². The van der Waals surface area contributed by atoms with Crippen molar-refractivity contribution in [3.05, 3.63) is 18.2 Å². The number of carbonyl (C=O) groups excluding carboxylic acids is 1. The number of ether oxygens (including phenoxy) is 1. The maximum Gasteiger partial charge on any atom is 0.241 e. The van der Waals surface area contributed by atoms with Crippen LogP contribution in [0.5, 0.6) is 5.75 Å². The minimum atomic E-state index is -3.68. The SMILES string of the molecule is COc1ccc(N)c(NC(=O)CS(=O)(=O)NC2CCC(C)CC2)c1.Cl.